The van der Waals surface area contributed by atoms with E-state index >= 15 is 0 Å². The van der Waals surface area contributed by atoms with Crippen molar-refractivity contribution < 1.29 is 4.74 Å². The first-order valence-corrected chi connectivity index (χ1v) is 7.86. The number of hydrogen-bond acceptors (Lipinski definition) is 3. The number of rotatable bonds is 3. The number of hydrogen-bond donors (Lipinski definition) is 0. The van der Waals surface area contributed by atoms with Gasteiger partial charge < -0.3 is 4.74 Å². The van der Waals surface area contributed by atoms with Gasteiger partial charge in [-0.1, -0.05) is 39.8 Å². The van der Waals surface area contributed by atoms with E-state index < -0.39 is 0 Å². The summed E-state index contributed by atoms with van der Waals surface area (Å²) in [4.78, 5) is 8.56. The molecule has 2 heterocycles. The van der Waals surface area contributed by atoms with Crippen molar-refractivity contribution in [3.8, 4) is 5.88 Å². The van der Waals surface area contributed by atoms with Crippen molar-refractivity contribution >= 4 is 15.9 Å². The highest BCUT2D eigenvalue weighted by Gasteiger charge is 2.00. The highest BCUT2D eigenvalue weighted by molar-refractivity contribution is 9.10. The van der Waals surface area contributed by atoms with E-state index in [-0.39, 0.29) is 0 Å². The Morgan fingerprint density at radius 3 is 1.81 bits per heavy atom. The molecule has 0 aliphatic carbocycles. The van der Waals surface area contributed by atoms with Crippen molar-refractivity contribution in [2.75, 3.05) is 7.11 Å². The lowest BCUT2D eigenvalue weighted by atomic mass is 10.1. The molecule has 2 aromatic rings. The summed E-state index contributed by atoms with van der Waals surface area (Å²) in [5.41, 5.74) is 2.21. The third kappa shape index (κ3) is 6.25. The van der Waals surface area contributed by atoms with Crippen LogP contribution in [0.4, 0.5) is 0 Å². The van der Waals surface area contributed by atoms with Crippen LogP contribution in [-0.2, 0) is 0 Å². The molecule has 4 heteroatoms. The molecule has 0 radical (unpaired) electrons. The fraction of sp³-hybridized carbons (Fsp3) is 0.412. The van der Waals surface area contributed by atoms with Crippen molar-refractivity contribution in [2.24, 2.45) is 0 Å². The molecule has 3 nitrogen and oxygen atoms in total. The lowest BCUT2D eigenvalue weighted by Crippen LogP contribution is -1.94. The monoisotopic (exact) mass is 350 g/mol. The Bertz CT molecular complexity index is 556. The molecule has 0 saturated heterocycles. The van der Waals surface area contributed by atoms with Crippen LogP contribution in [0.15, 0.2) is 41.0 Å². The molecule has 0 N–H and O–H groups in total. The van der Waals surface area contributed by atoms with Gasteiger partial charge in [-0.2, -0.15) is 0 Å². The van der Waals surface area contributed by atoms with Crippen LogP contribution in [0.25, 0.3) is 0 Å². The molecule has 0 spiro atoms. The molecule has 0 atom stereocenters. The van der Waals surface area contributed by atoms with Crippen LogP contribution in [0.2, 0.25) is 0 Å². The van der Waals surface area contributed by atoms with Crippen LogP contribution < -0.4 is 4.74 Å². The summed E-state index contributed by atoms with van der Waals surface area (Å²) in [6, 6.07) is 11.8. The molecule has 0 aliphatic heterocycles. The molecular formula is C17H23BrN2O. The summed E-state index contributed by atoms with van der Waals surface area (Å²) >= 11 is 3.32. The summed E-state index contributed by atoms with van der Waals surface area (Å²) in [6.07, 6.45) is 0. The Kier molecular flexibility index (Phi) is 7.37. The van der Waals surface area contributed by atoms with Gasteiger partial charge in [0, 0.05) is 17.5 Å². The number of ether oxygens (including phenoxy) is 1. The molecule has 0 saturated carbocycles. The Hall–Kier alpha value is -1.42. The minimum Gasteiger partial charge on any atom is -0.481 e. The molecule has 114 valence electrons. The first kappa shape index (κ1) is 17.6. The van der Waals surface area contributed by atoms with Gasteiger partial charge in [0.25, 0.3) is 0 Å². The molecule has 0 aliphatic rings. The summed E-state index contributed by atoms with van der Waals surface area (Å²) < 4.78 is 5.91. The molecule has 0 amide bonds. The predicted molar refractivity (Wildman–Crippen MR) is 90.9 cm³/mol. The summed E-state index contributed by atoms with van der Waals surface area (Å²) in [5.74, 6) is 1.67. The fourth-order valence-electron chi connectivity index (χ4n) is 1.61. The van der Waals surface area contributed by atoms with Gasteiger partial charge in [0.05, 0.1) is 7.11 Å². The van der Waals surface area contributed by atoms with Crippen molar-refractivity contribution in [2.45, 2.75) is 39.5 Å². The fourth-order valence-corrected chi connectivity index (χ4v) is 1.97. The minimum absolute atomic E-state index is 0.463. The lowest BCUT2D eigenvalue weighted by Gasteiger charge is -2.04. The van der Waals surface area contributed by atoms with Crippen LogP contribution in [0.5, 0.6) is 5.88 Å². The Morgan fingerprint density at radius 1 is 0.857 bits per heavy atom. The standard InChI is InChI=1S/C9H13NO.C8H10BrN/c1-7(2)8-5-4-6-9(10-8)11-3;1-6(2)7-4-3-5-8(9)10-7/h4-7H,1-3H3;3-6H,1-2H3. The zero-order valence-electron chi connectivity index (χ0n) is 13.3. The van der Waals surface area contributed by atoms with Crippen LogP contribution in [0, 0.1) is 0 Å². The minimum atomic E-state index is 0.463. The maximum Gasteiger partial charge on any atom is 0.213 e. The normalized spacial score (nSPS) is 10.3. The van der Waals surface area contributed by atoms with Gasteiger partial charge in [-0.25, -0.2) is 9.97 Å². The highest BCUT2D eigenvalue weighted by atomic mass is 79.9. The van der Waals surface area contributed by atoms with Crippen molar-refractivity contribution in [1.82, 2.24) is 9.97 Å². The van der Waals surface area contributed by atoms with Gasteiger partial charge in [-0.15, -0.1) is 0 Å². The van der Waals surface area contributed by atoms with Gasteiger partial charge in [-0.3, -0.25) is 0 Å². The van der Waals surface area contributed by atoms with Crippen LogP contribution in [-0.4, -0.2) is 17.1 Å². The SMILES string of the molecule is CC(C)c1cccc(Br)n1.COc1cccc(C(C)C)n1. The van der Waals surface area contributed by atoms with Crippen LogP contribution in [0.1, 0.15) is 50.9 Å². The molecular weight excluding hydrogens is 328 g/mol. The second-order valence-electron chi connectivity index (χ2n) is 5.30. The van der Waals surface area contributed by atoms with E-state index in [1.54, 1.807) is 7.11 Å². The predicted octanol–water partition coefficient (Wildman–Crippen LogP) is 5.18. The molecule has 0 unspecified atom stereocenters. The molecule has 21 heavy (non-hydrogen) atoms. The summed E-state index contributed by atoms with van der Waals surface area (Å²) in [7, 11) is 1.63. The van der Waals surface area contributed by atoms with E-state index in [1.165, 1.54) is 0 Å². The second-order valence-corrected chi connectivity index (χ2v) is 6.11. The Morgan fingerprint density at radius 2 is 1.38 bits per heavy atom. The smallest absolute Gasteiger partial charge is 0.213 e. The van der Waals surface area contributed by atoms with Crippen molar-refractivity contribution in [3.63, 3.8) is 0 Å². The average molecular weight is 351 g/mol. The number of halogens is 1. The zero-order valence-corrected chi connectivity index (χ0v) is 14.9. The molecule has 2 rings (SSSR count). The number of nitrogens with zero attached hydrogens (tertiary/aromatic N) is 2. The highest BCUT2D eigenvalue weighted by Crippen LogP contribution is 2.15. The summed E-state index contributed by atoms with van der Waals surface area (Å²) in [6.45, 7) is 8.49. The quantitative estimate of drug-likeness (QED) is 0.715. The van der Waals surface area contributed by atoms with E-state index in [2.05, 4.69) is 53.6 Å². The number of aromatic nitrogens is 2. The van der Waals surface area contributed by atoms with E-state index in [1.807, 2.05) is 36.4 Å². The maximum absolute atomic E-state index is 4.99. The van der Waals surface area contributed by atoms with Crippen molar-refractivity contribution in [3.05, 3.63) is 52.4 Å². The maximum atomic E-state index is 4.99. The molecule has 0 bridgehead atoms. The molecule has 0 fully saturated rings. The van der Waals surface area contributed by atoms with Crippen LogP contribution in [0.3, 0.4) is 0 Å². The Balaban J connectivity index is 0.000000211. The van der Waals surface area contributed by atoms with E-state index in [0.717, 1.165) is 16.0 Å². The molecule has 2 aromatic heterocycles. The second kappa shape index (κ2) is 8.78. The first-order valence-electron chi connectivity index (χ1n) is 7.07. The summed E-state index contributed by atoms with van der Waals surface area (Å²) in [5, 5.41) is 0. The first-order chi connectivity index (χ1) is 9.93. The van der Waals surface area contributed by atoms with Gasteiger partial charge in [0.2, 0.25) is 5.88 Å². The topological polar surface area (TPSA) is 35.0 Å². The van der Waals surface area contributed by atoms with Gasteiger partial charge in [0.1, 0.15) is 4.60 Å². The van der Waals surface area contributed by atoms with E-state index in [4.69, 9.17) is 4.74 Å². The van der Waals surface area contributed by atoms with Crippen molar-refractivity contribution in [1.29, 1.82) is 0 Å². The number of methoxy groups -OCH3 is 1. The third-order valence-electron chi connectivity index (χ3n) is 2.87. The van der Waals surface area contributed by atoms with E-state index in [9.17, 15) is 0 Å². The average Bonchev–Trinajstić information content (AvgIpc) is 2.48. The van der Waals surface area contributed by atoms with Gasteiger partial charge in [-0.05, 0) is 46.0 Å². The third-order valence-corrected chi connectivity index (χ3v) is 3.32. The van der Waals surface area contributed by atoms with Crippen LogP contribution >= 0.6 is 15.9 Å². The Labute approximate surface area is 135 Å². The van der Waals surface area contributed by atoms with Gasteiger partial charge >= 0.3 is 0 Å². The van der Waals surface area contributed by atoms with E-state index in [0.29, 0.717) is 17.7 Å². The lowest BCUT2D eigenvalue weighted by molar-refractivity contribution is 0.395. The van der Waals surface area contributed by atoms with Gasteiger partial charge in [0.15, 0.2) is 0 Å². The largest absolute Gasteiger partial charge is 0.481 e. The molecule has 0 aromatic carbocycles. The zero-order chi connectivity index (χ0) is 15.8. The number of pyridine rings is 2.